The van der Waals surface area contributed by atoms with E-state index in [1.807, 2.05) is 0 Å². The van der Waals surface area contributed by atoms with Gasteiger partial charge in [0.15, 0.2) is 0 Å². The summed E-state index contributed by atoms with van der Waals surface area (Å²) in [6.07, 6.45) is 43.0. The molecule has 42 heavy (non-hydrogen) atoms. The molecule has 0 bridgehead atoms. The summed E-state index contributed by atoms with van der Waals surface area (Å²) in [5, 5.41) is 0. The number of rotatable bonds is 30. The Labute approximate surface area is 263 Å². The van der Waals surface area contributed by atoms with Crippen LogP contribution < -0.4 is 4.57 Å². The second-order valence-corrected chi connectivity index (χ2v) is 13.2. The minimum atomic E-state index is 1.15. The Bertz CT molecular complexity index is 823. The smallest absolute Gasteiger partial charge is 0.230 e. The van der Waals surface area contributed by atoms with Gasteiger partial charge in [0.25, 0.3) is 5.82 Å². The summed E-state index contributed by atoms with van der Waals surface area (Å²) in [6, 6.07) is 11.1. The number of hydrogen-bond donors (Lipinski definition) is 0. The Morgan fingerprint density at radius 2 is 0.833 bits per heavy atom. The molecule has 240 valence electrons. The van der Waals surface area contributed by atoms with Crippen LogP contribution in [0.5, 0.6) is 0 Å². The second kappa shape index (κ2) is 27.0. The SMILES string of the molecule is CCCCCCCCCCCCCCCCCCC[n+]1ccn(CCCCCCCCCCCC)c1-c1ccccc1. The molecule has 0 saturated carbocycles. The molecule has 0 atom stereocenters. The summed E-state index contributed by atoms with van der Waals surface area (Å²) in [7, 11) is 0. The van der Waals surface area contributed by atoms with E-state index in [-0.39, 0.29) is 0 Å². The van der Waals surface area contributed by atoms with Crippen molar-refractivity contribution in [2.75, 3.05) is 0 Å². The molecule has 2 rings (SSSR count). The zero-order valence-electron chi connectivity index (χ0n) is 28.4. The first kappa shape index (κ1) is 36.6. The van der Waals surface area contributed by atoms with E-state index >= 15 is 0 Å². The summed E-state index contributed by atoms with van der Waals surface area (Å²) in [4.78, 5) is 0. The highest BCUT2D eigenvalue weighted by atomic mass is 15.1. The van der Waals surface area contributed by atoms with Crippen LogP contribution in [0.25, 0.3) is 11.4 Å². The highest BCUT2D eigenvalue weighted by molar-refractivity contribution is 5.52. The first-order valence-corrected chi connectivity index (χ1v) is 19.0. The van der Waals surface area contributed by atoms with Crippen molar-refractivity contribution in [1.82, 2.24) is 4.57 Å². The fraction of sp³-hybridized carbons (Fsp3) is 0.775. The van der Waals surface area contributed by atoms with Crippen LogP contribution in [0, 0.1) is 0 Å². The van der Waals surface area contributed by atoms with Crippen molar-refractivity contribution in [3.05, 3.63) is 42.7 Å². The highest BCUT2D eigenvalue weighted by Crippen LogP contribution is 2.19. The Kier molecular flexibility index (Phi) is 23.6. The van der Waals surface area contributed by atoms with Gasteiger partial charge in [-0.15, -0.1) is 0 Å². The molecule has 0 fully saturated rings. The molecule has 1 aromatic carbocycles. The van der Waals surface area contributed by atoms with Crippen LogP contribution in [0.2, 0.25) is 0 Å². The number of aromatic nitrogens is 2. The average molecular weight is 580 g/mol. The number of hydrogen-bond acceptors (Lipinski definition) is 0. The number of nitrogens with zero attached hydrogens (tertiary/aromatic N) is 2. The lowest BCUT2D eigenvalue weighted by atomic mass is 10.0. The third-order valence-corrected chi connectivity index (χ3v) is 9.26. The van der Waals surface area contributed by atoms with Crippen molar-refractivity contribution < 1.29 is 4.57 Å². The summed E-state index contributed by atoms with van der Waals surface area (Å²) in [5.74, 6) is 1.41. The van der Waals surface area contributed by atoms with Crippen molar-refractivity contribution in [3.63, 3.8) is 0 Å². The van der Waals surface area contributed by atoms with Gasteiger partial charge in [-0.25, -0.2) is 9.13 Å². The van der Waals surface area contributed by atoms with Gasteiger partial charge in [-0.3, -0.25) is 0 Å². The first-order chi connectivity index (χ1) is 20.9. The summed E-state index contributed by atoms with van der Waals surface area (Å²) >= 11 is 0. The van der Waals surface area contributed by atoms with Crippen LogP contribution in [0.15, 0.2) is 42.7 Å². The monoisotopic (exact) mass is 580 g/mol. The lowest BCUT2D eigenvalue weighted by Crippen LogP contribution is -2.34. The lowest BCUT2D eigenvalue weighted by molar-refractivity contribution is -0.686. The predicted octanol–water partition coefficient (Wildman–Crippen LogP) is 13.0. The molecule has 0 saturated heterocycles. The summed E-state index contributed by atoms with van der Waals surface area (Å²) in [5.41, 5.74) is 1.36. The van der Waals surface area contributed by atoms with Gasteiger partial charge in [0.05, 0.1) is 18.7 Å². The van der Waals surface area contributed by atoms with Crippen LogP contribution in [-0.4, -0.2) is 4.57 Å². The number of unbranched alkanes of at least 4 members (excludes halogenated alkanes) is 25. The first-order valence-electron chi connectivity index (χ1n) is 19.0. The van der Waals surface area contributed by atoms with Crippen molar-refractivity contribution in [1.29, 1.82) is 0 Å². The maximum atomic E-state index is 2.52. The Morgan fingerprint density at radius 1 is 0.452 bits per heavy atom. The van der Waals surface area contributed by atoms with E-state index in [1.165, 1.54) is 185 Å². The Balaban J connectivity index is 1.54. The van der Waals surface area contributed by atoms with Crippen molar-refractivity contribution in [3.8, 4) is 11.4 Å². The van der Waals surface area contributed by atoms with Crippen LogP contribution in [-0.2, 0) is 13.1 Å². The molecule has 2 aromatic rings. The fourth-order valence-electron chi connectivity index (χ4n) is 6.52. The standard InChI is InChI=1S/C40H71N2/c1-3-5-7-9-11-13-15-16-17-18-19-20-21-23-25-27-32-36-42-38-37-41(40(42)39-33-29-28-30-34-39)35-31-26-24-22-14-12-10-8-6-4-2/h28-30,33-34,37-38H,3-27,31-32,35-36H2,1-2H3/q+1. The van der Waals surface area contributed by atoms with Crippen LogP contribution >= 0.6 is 0 Å². The Morgan fingerprint density at radius 3 is 1.26 bits per heavy atom. The molecule has 0 N–H and O–H groups in total. The van der Waals surface area contributed by atoms with Crippen molar-refractivity contribution in [2.24, 2.45) is 0 Å². The summed E-state index contributed by atoms with van der Waals surface area (Å²) < 4.78 is 5.05. The highest BCUT2D eigenvalue weighted by Gasteiger charge is 2.18. The largest absolute Gasteiger partial charge is 0.288 e. The van der Waals surface area contributed by atoms with E-state index in [4.69, 9.17) is 0 Å². The Hall–Kier alpha value is -1.57. The molecule has 0 aliphatic carbocycles. The predicted molar refractivity (Wildman–Crippen MR) is 186 cm³/mol. The van der Waals surface area contributed by atoms with E-state index in [2.05, 4.69) is 65.7 Å². The molecule has 0 aliphatic heterocycles. The topological polar surface area (TPSA) is 8.81 Å². The molecular formula is C40H71N2+. The fourth-order valence-corrected chi connectivity index (χ4v) is 6.52. The van der Waals surface area contributed by atoms with E-state index < -0.39 is 0 Å². The molecule has 2 nitrogen and oxygen atoms in total. The van der Waals surface area contributed by atoms with Gasteiger partial charge in [-0.05, 0) is 37.8 Å². The van der Waals surface area contributed by atoms with Crippen molar-refractivity contribution in [2.45, 2.75) is 200 Å². The molecule has 1 aromatic heterocycles. The van der Waals surface area contributed by atoms with Crippen LogP contribution in [0.4, 0.5) is 0 Å². The van der Waals surface area contributed by atoms with E-state index in [9.17, 15) is 0 Å². The third kappa shape index (κ3) is 18.2. The quantitative estimate of drug-likeness (QED) is 0.0643. The molecule has 0 radical (unpaired) electrons. The maximum Gasteiger partial charge on any atom is 0.288 e. The molecule has 0 unspecified atom stereocenters. The molecular weight excluding hydrogens is 508 g/mol. The van der Waals surface area contributed by atoms with Gasteiger partial charge in [0.2, 0.25) is 0 Å². The zero-order chi connectivity index (χ0) is 29.8. The van der Waals surface area contributed by atoms with E-state index in [1.54, 1.807) is 0 Å². The minimum Gasteiger partial charge on any atom is -0.230 e. The van der Waals surface area contributed by atoms with E-state index in [0.717, 1.165) is 13.1 Å². The summed E-state index contributed by atoms with van der Waals surface area (Å²) in [6.45, 7) is 6.90. The number of imidazole rings is 1. The van der Waals surface area contributed by atoms with Gasteiger partial charge >= 0.3 is 0 Å². The molecule has 0 spiro atoms. The van der Waals surface area contributed by atoms with Gasteiger partial charge < -0.3 is 0 Å². The van der Waals surface area contributed by atoms with Crippen LogP contribution in [0.1, 0.15) is 187 Å². The normalized spacial score (nSPS) is 11.5. The minimum absolute atomic E-state index is 1.15. The van der Waals surface area contributed by atoms with Crippen LogP contribution in [0.3, 0.4) is 0 Å². The number of aryl methyl sites for hydroxylation is 2. The number of benzene rings is 1. The lowest BCUT2D eigenvalue weighted by Gasteiger charge is -2.07. The van der Waals surface area contributed by atoms with E-state index in [0.29, 0.717) is 0 Å². The molecule has 2 heteroatoms. The average Bonchev–Trinajstić information content (AvgIpc) is 3.42. The molecule has 0 amide bonds. The van der Waals surface area contributed by atoms with Gasteiger partial charge in [0.1, 0.15) is 12.4 Å². The molecule has 0 aliphatic rings. The van der Waals surface area contributed by atoms with Gasteiger partial charge in [-0.2, -0.15) is 0 Å². The third-order valence-electron chi connectivity index (χ3n) is 9.26. The van der Waals surface area contributed by atoms with Crippen molar-refractivity contribution >= 4 is 0 Å². The van der Waals surface area contributed by atoms with Gasteiger partial charge in [0, 0.05) is 0 Å². The second-order valence-electron chi connectivity index (χ2n) is 13.2. The maximum absolute atomic E-state index is 2.52. The zero-order valence-corrected chi connectivity index (χ0v) is 28.4. The van der Waals surface area contributed by atoms with Gasteiger partial charge in [-0.1, -0.05) is 180 Å². The molecule has 1 heterocycles.